The van der Waals surface area contributed by atoms with Gasteiger partial charge in [0, 0.05) is 24.9 Å². The number of carbonyl (C=O) groups is 2. The zero-order valence-electron chi connectivity index (χ0n) is 21.5. The fourth-order valence-corrected chi connectivity index (χ4v) is 4.43. The van der Waals surface area contributed by atoms with Crippen LogP contribution in [0.3, 0.4) is 0 Å². The molecule has 0 amide bonds. The van der Waals surface area contributed by atoms with Crippen LogP contribution in [-0.2, 0) is 33.9 Å². The number of nitrogens with zero attached hydrogens (tertiary/aromatic N) is 5. The Morgan fingerprint density at radius 1 is 1.15 bits per heavy atom. The summed E-state index contributed by atoms with van der Waals surface area (Å²) >= 11 is 6.48. The predicted molar refractivity (Wildman–Crippen MR) is 145 cm³/mol. The number of aromatic amines is 1. The highest BCUT2D eigenvalue weighted by Gasteiger charge is 2.21. The number of carboxylic acids is 1. The number of hydrogen-bond acceptors (Lipinski definition) is 8. The number of halogens is 1. The van der Waals surface area contributed by atoms with Crippen LogP contribution >= 0.6 is 11.6 Å². The van der Waals surface area contributed by atoms with Gasteiger partial charge < -0.3 is 20.1 Å². The van der Waals surface area contributed by atoms with Gasteiger partial charge in [0.1, 0.15) is 18.5 Å². The number of unbranched alkanes of at least 4 members (excludes halogenated alkanes) is 1. The number of tetrazole rings is 1. The number of aromatic nitrogens is 6. The van der Waals surface area contributed by atoms with Crippen LogP contribution in [0.1, 0.15) is 49.7 Å². The number of aliphatic carboxylic acids is 1. The average Bonchev–Trinajstić information content (AvgIpc) is 3.58. The minimum Gasteiger partial charge on any atom is -0.481 e. The van der Waals surface area contributed by atoms with Crippen LogP contribution in [0.25, 0.3) is 22.5 Å². The molecule has 4 rings (SSSR count). The molecule has 11 nitrogen and oxygen atoms in total. The minimum atomic E-state index is -1.03. The van der Waals surface area contributed by atoms with Crippen LogP contribution < -0.4 is 5.73 Å². The molecule has 12 heteroatoms. The number of nitrogens with two attached hydrogens (primary N) is 1. The summed E-state index contributed by atoms with van der Waals surface area (Å²) in [6.45, 7) is 2.46. The lowest BCUT2D eigenvalue weighted by atomic mass is 9.98. The van der Waals surface area contributed by atoms with Crippen molar-refractivity contribution in [2.45, 2.75) is 58.2 Å². The van der Waals surface area contributed by atoms with E-state index < -0.39 is 18.0 Å². The molecule has 204 valence electrons. The molecule has 0 unspecified atom stereocenters. The van der Waals surface area contributed by atoms with Gasteiger partial charge >= 0.3 is 11.9 Å². The monoisotopic (exact) mass is 551 g/mol. The van der Waals surface area contributed by atoms with Gasteiger partial charge in [-0.05, 0) is 34.7 Å². The van der Waals surface area contributed by atoms with Crippen molar-refractivity contribution in [1.82, 2.24) is 30.2 Å². The van der Waals surface area contributed by atoms with E-state index in [2.05, 4.69) is 32.5 Å². The van der Waals surface area contributed by atoms with E-state index in [0.29, 0.717) is 18.1 Å². The molecule has 0 spiro atoms. The van der Waals surface area contributed by atoms with Crippen molar-refractivity contribution < 1.29 is 19.4 Å². The summed E-state index contributed by atoms with van der Waals surface area (Å²) in [7, 11) is 0. The lowest BCUT2D eigenvalue weighted by molar-refractivity contribution is -0.147. The fourth-order valence-electron chi connectivity index (χ4n) is 4.18. The van der Waals surface area contributed by atoms with Gasteiger partial charge in [0.15, 0.2) is 5.15 Å². The molecule has 2 heterocycles. The van der Waals surface area contributed by atoms with E-state index in [-0.39, 0.29) is 24.6 Å². The Morgan fingerprint density at radius 3 is 2.56 bits per heavy atom. The molecular formula is C27H30ClN7O4. The molecule has 0 saturated heterocycles. The van der Waals surface area contributed by atoms with Crippen molar-refractivity contribution in [3.05, 3.63) is 70.8 Å². The summed E-state index contributed by atoms with van der Waals surface area (Å²) in [5, 5.41) is 23.5. The first-order chi connectivity index (χ1) is 18.9. The van der Waals surface area contributed by atoms with E-state index in [9.17, 15) is 9.59 Å². The molecule has 0 aliphatic heterocycles. The minimum absolute atomic E-state index is 0.00882. The molecule has 0 fully saturated rings. The molecule has 4 aromatic rings. The highest BCUT2D eigenvalue weighted by atomic mass is 35.5. The third kappa shape index (κ3) is 7.06. The van der Waals surface area contributed by atoms with E-state index in [1.807, 2.05) is 53.1 Å². The average molecular weight is 552 g/mol. The number of carbonyl (C=O) groups excluding carboxylic acids is 1. The maximum Gasteiger partial charge on any atom is 0.323 e. The van der Waals surface area contributed by atoms with Gasteiger partial charge in [-0.1, -0.05) is 73.5 Å². The normalized spacial score (nSPS) is 11.9. The van der Waals surface area contributed by atoms with Crippen molar-refractivity contribution in [3.63, 3.8) is 0 Å². The van der Waals surface area contributed by atoms with E-state index in [1.165, 1.54) is 0 Å². The second-order valence-electron chi connectivity index (χ2n) is 9.08. The third-order valence-electron chi connectivity index (χ3n) is 6.30. The Labute approximate surface area is 230 Å². The Hall–Kier alpha value is -4.09. The van der Waals surface area contributed by atoms with Gasteiger partial charge in [0.25, 0.3) is 0 Å². The smallest absolute Gasteiger partial charge is 0.323 e. The van der Waals surface area contributed by atoms with E-state index >= 15 is 0 Å². The molecule has 0 bridgehead atoms. The Morgan fingerprint density at radius 2 is 1.90 bits per heavy atom. The van der Waals surface area contributed by atoms with Crippen molar-refractivity contribution >= 4 is 23.5 Å². The molecule has 0 radical (unpaired) electrons. The van der Waals surface area contributed by atoms with Crippen molar-refractivity contribution in [2.24, 2.45) is 5.73 Å². The van der Waals surface area contributed by atoms with E-state index in [0.717, 1.165) is 47.3 Å². The molecule has 2 aromatic heterocycles. The first-order valence-corrected chi connectivity index (χ1v) is 13.0. The van der Waals surface area contributed by atoms with Crippen LogP contribution in [0.4, 0.5) is 0 Å². The summed E-state index contributed by atoms with van der Waals surface area (Å²) in [5.74, 6) is -0.385. The molecule has 2 aromatic carbocycles. The van der Waals surface area contributed by atoms with Crippen LogP contribution in [0.15, 0.2) is 48.5 Å². The number of nitrogens with one attached hydrogen (secondary N) is 1. The van der Waals surface area contributed by atoms with Crippen LogP contribution in [0, 0.1) is 0 Å². The molecule has 4 N–H and O–H groups in total. The van der Waals surface area contributed by atoms with Gasteiger partial charge in [-0.3, -0.25) is 9.59 Å². The fraction of sp³-hybridized carbons (Fsp3) is 0.333. The van der Waals surface area contributed by atoms with Gasteiger partial charge in [-0.2, -0.15) is 5.21 Å². The largest absolute Gasteiger partial charge is 0.481 e. The number of rotatable bonds is 13. The predicted octanol–water partition coefficient (Wildman–Crippen LogP) is 4.01. The summed E-state index contributed by atoms with van der Waals surface area (Å²) < 4.78 is 7.37. The molecule has 39 heavy (non-hydrogen) atoms. The van der Waals surface area contributed by atoms with Gasteiger partial charge in [0.2, 0.25) is 5.82 Å². The number of imidazole rings is 1. The zero-order chi connectivity index (χ0) is 27.8. The lowest BCUT2D eigenvalue weighted by Gasteiger charge is -2.15. The second kappa shape index (κ2) is 13.1. The highest BCUT2D eigenvalue weighted by Crippen LogP contribution is 2.30. The highest BCUT2D eigenvalue weighted by molar-refractivity contribution is 6.30. The number of hydrogen-bond donors (Lipinski definition) is 3. The number of benzene rings is 2. The number of carboxylic acid groups (broad SMARTS) is 1. The van der Waals surface area contributed by atoms with Gasteiger partial charge in [-0.15, -0.1) is 10.2 Å². The van der Waals surface area contributed by atoms with E-state index in [1.54, 1.807) is 0 Å². The van der Waals surface area contributed by atoms with Crippen molar-refractivity contribution in [1.29, 1.82) is 0 Å². The van der Waals surface area contributed by atoms with Crippen molar-refractivity contribution in [2.75, 3.05) is 0 Å². The SMILES string of the molecule is CCCCc1nc(Cl)c(COC(=O)[C@H](N)CCC(=O)O)n1Cc1ccc(-c2ccccc2-c2nn[nH]n2)cc1. The van der Waals surface area contributed by atoms with E-state index in [4.69, 9.17) is 27.2 Å². The Bertz CT molecular complexity index is 1400. The first-order valence-electron chi connectivity index (χ1n) is 12.7. The zero-order valence-corrected chi connectivity index (χ0v) is 22.3. The quantitative estimate of drug-likeness (QED) is 0.208. The Kier molecular flexibility index (Phi) is 9.40. The van der Waals surface area contributed by atoms with Gasteiger partial charge in [0.05, 0.1) is 5.69 Å². The number of aryl methyl sites for hydroxylation is 1. The maximum atomic E-state index is 12.3. The van der Waals surface area contributed by atoms with Gasteiger partial charge in [-0.25, -0.2) is 4.98 Å². The Balaban J connectivity index is 1.54. The lowest BCUT2D eigenvalue weighted by Crippen LogP contribution is -2.33. The van der Waals surface area contributed by atoms with Crippen LogP contribution in [0.5, 0.6) is 0 Å². The third-order valence-corrected chi connectivity index (χ3v) is 6.60. The molecule has 1 atom stereocenters. The topological polar surface area (TPSA) is 162 Å². The molecule has 0 saturated carbocycles. The summed E-state index contributed by atoms with van der Waals surface area (Å²) in [5.41, 5.74) is 10.2. The van der Waals surface area contributed by atoms with Crippen LogP contribution in [0.2, 0.25) is 5.15 Å². The van der Waals surface area contributed by atoms with Crippen LogP contribution in [-0.4, -0.2) is 53.3 Å². The standard InChI is InChI=1S/C27H30ClN7O4/c1-2-3-8-23-30-25(28)22(16-39-27(38)21(29)13-14-24(36)37)35(23)15-17-9-11-18(12-10-17)19-6-4-5-7-20(19)26-31-33-34-32-26/h4-7,9-12,21H,2-3,8,13-16,29H2,1H3,(H,36,37)(H,31,32,33,34)/t21-/m1/s1. The number of ether oxygens (including phenoxy) is 1. The maximum absolute atomic E-state index is 12.3. The second-order valence-corrected chi connectivity index (χ2v) is 9.44. The summed E-state index contributed by atoms with van der Waals surface area (Å²) in [6, 6.07) is 14.9. The first kappa shape index (κ1) is 27.9. The molecule has 0 aliphatic rings. The summed E-state index contributed by atoms with van der Waals surface area (Å²) in [4.78, 5) is 27.7. The number of esters is 1. The number of H-pyrrole nitrogens is 1. The molecule has 0 aliphatic carbocycles. The molecular weight excluding hydrogens is 522 g/mol. The summed E-state index contributed by atoms with van der Waals surface area (Å²) in [6.07, 6.45) is 2.41. The van der Waals surface area contributed by atoms with Crippen molar-refractivity contribution in [3.8, 4) is 22.5 Å².